The maximum Gasteiger partial charge on any atom is 0.330 e. The van der Waals surface area contributed by atoms with Gasteiger partial charge >= 0.3 is 5.97 Å². The number of aromatic amines is 1. The highest BCUT2D eigenvalue weighted by molar-refractivity contribution is 6.32. The van der Waals surface area contributed by atoms with Gasteiger partial charge in [-0.25, -0.2) is 4.79 Å². The fourth-order valence-electron chi connectivity index (χ4n) is 4.42. The van der Waals surface area contributed by atoms with E-state index < -0.39 is 0 Å². The highest BCUT2D eigenvalue weighted by Gasteiger charge is 2.30. The van der Waals surface area contributed by atoms with Crippen LogP contribution < -0.4 is 10.6 Å². The Bertz CT molecular complexity index is 1270. The topological polar surface area (TPSA) is 121 Å². The van der Waals surface area contributed by atoms with Crippen LogP contribution in [-0.2, 0) is 19.1 Å². The van der Waals surface area contributed by atoms with Crippen LogP contribution in [0.5, 0.6) is 0 Å². The van der Waals surface area contributed by atoms with Gasteiger partial charge in [-0.1, -0.05) is 11.6 Å². The molecule has 2 aliphatic rings. The second-order valence-corrected chi connectivity index (χ2v) is 9.68. The van der Waals surface area contributed by atoms with Crippen molar-refractivity contribution in [1.82, 2.24) is 20.2 Å². The molecule has 0 bridgehead atoms. The van der Waals surface area contributed by atoms with Crippen molar-refractivity contribution in [2.75, 3.05) is 44.7 Å². The van der Waals surface area contributed by atoms with Gasteiger partial charge in [0, 0.05) is 35.1 Å². The molecular formula is C25H31ClN6O4. The third-order valence-corrected chi connectivity index (χ3v) is 6.16. The largest absolute Gasteiger partial charge is 0.464 e. The molecule has 5 rings (SSSR count). The van der Waals surface area contributed by atoms with Crippen LogP contribution >= 0.6 is 11.6 Å². The number of H-pyrrole nitrogens is 1. The van der Waals surface area contributed by atoms with Crippen molar-refractivity contribution in [3.8, 4) is 0 Å². The Labute approximate surface area is 214 Å². The van der Waals surface area contributed by atoms with E-state index in [-0.39, 0.29) is 17.6 Å². The van der Waals surface area contributed by atoms with Crippen LogP contribution in [0.25, 0.3) is 21.8 Å². The molecule has 0 saturated carbocycles. The van der Waals surface area contributed by atoms with Crippen LogP contribution in [0.4, 0.5) is 5.69 Å². The van der Waals surface area contributed by atoms with Crippen molar-refractivity contribution in [2.45, 2.75) is 32.4 Å². The van der Waals surface area contributed by atoms with E-state index in [1.165, 1.54) is 0 Å². The van der Waals surface area contributed by atoms with Gasteiger partial charge in [0.05, 0.1) is 54.8 Å². The maximum absolute atomic E-state index is 11.6. The number of anilines is 1. The summed E-state index contributed by atoms with van der Waals surface area (Å²) in [6.07, 6.45) is 4.10. The Balaban J connectivity index is 0.000000170. The van der Waals surface area contributed by atoms with E-state index in [1.54, 1.807) is 18.5 Å². The fraction of sp³-hybridized carbons (Fsp3) is 0.440. The van der Waals surface area contributed by atoms with Gasteiger partial charge < -0.3 is 25.1 Å². The molecule has 36 heavy (non-hydrogen) atoms. The molecule has 1 amide bonds. The number of hydrogen-bond acceptors (Lipinski definition) is 8. The molecule has 10 nitrogen and oxygen atoms in total. The molecule has 4 heterocycles. The van der Waals surface area contributed by atoms with Gasteiger partial charge in [0.15, 0.2) is 0 Å². The van der Waals surface area contributed by atoms with E-state index in [2.05, 4.69) is 44.3 Å². The Hall–Kier alpha value is -3.21. The number of morpholine rings is 1. The second kappa shape index (κ2) is 11.2. The number of fused-ring (bicyclic) bond motifs is 3. The lowest BCUT2D eigenvalue weighted by atomic mass is 10.1. The van der Waals surface area contributed by atoms with Crippen molar-refractivity contribution in [2.24, 2.45) is 4.99 Å². The summed E-state index contributed by atoms with van der Waals surface area (Å²) in [5.41, 5.74) is 2.32. The number of benzene rings is 1. The van der Waals surface area contributed by atoms with Crippen molar-refractivity contribution in [3.63, 3.8) is 0 Å². The molecule has 3 N–H and O–H groups in total. The lowest BCUT2D eigenvalue weighted by molar-refractivity contribution is -0.144. The number of amidine groups is 1. The quantitative estimate of drug-likeness (QED) is 0.341. The molecule has 0 spiro atoms. The molecule has 192 valence electrons. The summed E-state index contributed by atoms with van der Waals surface area (Å²) in [5.74, 6) is 0.652. The molecule has 11 heteroatoms. The van der Waals surface area contributed by atoms with Crippen molar-refractivity contribution in [1.29, 1.82) is 0 Å². The molecular weight excluding hydrogens is 484 g/mol. The number of carbonyl (C=O) groups excluding carboxylic acids is 2. The normalized spacial score (nSPS) is 19.2. The number of halogens is 1. The zero-order valence-corrected chi connectivity index (χ0v) is 21.4. The average molecular weight is 515 g/mol. The van der Waals surface area contributed by atoms with Gasteiger partial charge in [0.2, 0.25) is 6.41 Å². The molecule has 1 fully saturated rings. The summed E-state index contributed by atoms with van der Waals surface area (Å²) in [5, 5.41) is 8.37. The first-order valence-corrected chi connectivity index (χ1v) is 12.3. The van der Waals surface area contributed by atoms with Crippen LogP contribution in [0.1, 0.15) is 20.8 Å². The predicted octanol–water partition coefficient (Wildman–Crippen LogP) is 2.97. The smallest absolute Gasteiger partial charge is 0.330 e. The van der Waals surface area contributed by atoms with Gasteiger partial charge in [-0.3, -0.25) is 19.7 Å². The van der Waals surface area contributed by atoms with E-state index in [9.17, 15) is 9.59 Å². The van der Waals surface area contributed by atoms with Crippen molar-refractivity contribution < 1.29 is 19.1 Å². The number of hydrogen-bond donors (Lipinski definition) is 3. The summed E-state index contributed by atoms with van der Waals surface area (Å²) in [6.45, 7) is 10.1. The van der Waals surface area contributed by atoms with E-state index in [0.29, 0.717) is 30.3 Å². The third kappa shape index (κ3) is 6.13. The van der Waals surface area contributed by atoms with E-state index in [0.717, 1.165) is 53.9 Å². The Kier molecular flexibility index (Phi) is 8.07. The Morgan fingerprint density at radius 1 is 1.39 bits per heavy atom. The molecule has 1 atom stereocenters. The van der Waals surface area contributed by atoms with Gasteiger partial charge in [-0.2, -0.15) is 0 Å². The summed E-state index contributed by atoms with van der Waals surface area (Å²) in [4.78, 5) is 36.1. The summed E-state index contributed by atoms with van der Waals surface area (Å²) in [7, 11) is 0. The lowest BCUT2D eigenvalue weighted by Crippen LogP contribution is -2.51. The van der Waals surface area contributed by atoms with Crippen LogP contribution in [-0.4, -0.2) is 84.1 Å². The van der Waals surface area contributed by atoms with Gasteiger partial charge in [-0.15, -0.1) is 0 Å². The number of amides is 1. The summed E-state index contributed by atoms with van der Waals surface area (Å²) in [6, 6.07) is 5.17. The monoisotopic (exact) mass is 514 g/mol. The maximum atomic E-state index is 11.6. The van der Waals surface area contributed by atoms with Crippen LogP contribution in [0.2, 0.25) is 5.02 Å². The van der Waals surface area contributed by atoms with E-state index in [4.69, 9.17) is 21.1 Å². The second-order valence-electron chi connectivity index (χ2n) is 9.24. The molecule has 1 saturated heterocycles. The highest BCUT2D eigenvalue weighted by atomic mass is 35.5. The first-order chi connectivity index (χ1) is 17.3. The summed E-state index contributed by atoms with van der Waals surface area (Å²) >= 11 is 6.03. The van der Waals surface area contributed by atoms with Crippen molar-refractivity contribution >= 4 is 57.3 Å². The van der Waals surface area contributed by atoms with Gasteiger partial charge in [0.25, 0.3) is 0 Å². The molecule has 1 aromatic carbocycles. The highest BCUT2D eigenvalue weighted by Crippen LogP contribution is 2.32. The predicted molar refractivity (Wildman–Crippen MR) is 141 cm³/mol. The molecule has 2 aliphatic heterocycles. The number of aliphatic imine (C=N–C) groups is 1. The number of aromatic nitrogens is 2. The van der Waals surface area contributed by atoms with E-state index >= 15 is 0 Å². The number of carbonyl (C=O) groups is 2. The first kappa shape index (κ1) is 25.9. The Morgan fingerprint density at radius 2 is 2.22 bits per heavy atom. The molecule has 2 aromatic heterocycles. The standard InChI is InChI=1S/C13H23N3O3.C12H8ClN3O/c1-4-18-12(17)10-7-14-11(15-10)8-16-5-6-19-13(2,3)9-16;13-7-3-9-8-1-2-14-5-11(8)16-12(9)10(4-7)15-6-17/h10H,4-9H2,1-3H3,(H,14,15);1-6,16H,(H,15,17). The minimum absolute atomic E-state index is 0.113. The van der Waals surface area contributed by atoms with Gasteiger partial charge in [-0.05, 0) is 39.0 Å². The lowest BCUT2D eigenvalue weighted by Gasteiger charge is -2.38. The molecule has 1 unspecified atom stereocenters. The summed E-state index contributed by atoms with van der Waals surface area (Å²) < 4.78 is 10.7. The number of ether oxygens (including phenoxy) is 2. The minimum Gasteiger partial charge on any atom is -0.464 e. The van der Waals surface area contributed by atoms with Crippen molar-refractivity contribution in [3.05, 3.63) is 35.6 Å². The molecule has 0 aliphatic carbocycles. The average Bonchev–Trinajstić information content (AvgIpc) is 3.44. The van der Waals surface area contributed by atoms with Gasteiger partial charge in [0.1, 0.15) is 11.9 Å². The number of nitrogens with one attached hydrogen (secondary N) is 3. The zero-order chi connectivity index (χ0) is 25.7. The van der Waals surface area contributed by atoms with E-state index in [1.807, 2.05) is 19.1 Å². The zero-order valence-electron chi connectivity index (χ0n) is 20.6. The number of pyridine rings is 1. The van der Waals surface area contributed by atoms with Crippen LogP contribution in [0, 0.1) is 0 Å². The molecule has 0 radical (unpaired) electrons. The minimum atomic E-state index is -0.316. The number of esters is 1. The first-order valence-electron chi connectivity index (χ1n) is 11.9. The number of nitrogens with zero attached hydrogens (tertiary/aromatic N) is 3. The fourth-order valence-corrected chi connectivity index (χ4v) is 4.64. The van der Waals surface area contributed by atoms with Crippen LogP contribution in [0.15, 0.2) is 35.6 Å². The van der Waals surface area contributed by atoms with Crippen LogP contribution in [0.3, 0.4) is 0 Å². The SMILES string of the molecule is CCOC(=O)C1CN=C(CN2CCOC(C)(C)C2)N1.O=CNc1cc(Cl)cc2c1[nH]c1cnccc12. The Morgan fingerprint density at radius 3 is 2.97 bits per heavy atom. The third-order valence-electron chi connectivity index (χ3n) is 5.94. The molecule has 3 aromatic rings. The number of rotatable bonds is 6.